The van der Waals surface area contributed by atoms with Gasteiger partial charge in [-0.2, -0.15) is 0 Å². The molecule has 3 aromatic carbocycles. The highest BCUT2D eigenvalue weighted by Crippen LogP contribution is 2.35. The Morgan fingerprint density at radius 2 is 1.79 bits per heavy atom. The number of primary amides is 1. The molecule has 2 amide bonds. The first kappa shape index (κ1) is 30.2. The lowest BCUT2D eigenvalue weighted by Gasteiger charge is -2.16. The van der Waals surface area contributed by atoms with Crippen molar-refractivity contribution in [3.63, 3.8) is 0 Å². The van der Waals surface area contributed by atoms with E-state index in [0.29, 0.717) is 53.0 Å². The molecule has 4 N–H and O–H groups in total. The van der Waals surface area contributed by atoms with Crippen LogP contribution in [-0.2, 0) is 14.6 Å². The second kappa shape index (κ2) is 13.3. The number of sulfone groups is 1. The number of unbranched alkanes of at least 4 members (excludes halogenated alkanes) is 3. The number of aldehydes is 1. The fourth-order valence-electron chi connectivity index (χ4n) is 4.54. The van der Waals surface area contributed by atoms with E-state index < -0.39 is 21.7 Å². The van der Waals surface area contributed by atoms with E-state index in [4.69, 9.17) is 10.5 Å². The average Bonchev–Trinajstić information content (AvgIpc) is 2.99. The van der Waals surface area contributed by atoms with Crippen molar-refractivity contribution in [2.24, 2.45) is 5.73 Å². The minimum atomic E-state index is -4.08. The van der Waals surface area contributed by atoms with E-state index >= 15 is 0 Å². The van der Waals surface area contributed by atoms with Crippen molar-refractivity contribution in [1.82, 2.24) is 10.3 Å². The molecule has 1 heterocycles. The zero-order valence-electron chi connectivity index (χ0n) is 23.3. The molecule has 0 aliphatic rings. The molecule has 0 fully saturated rings. The summed E-state index contributed by atoms with van der Waals surface area (Å²) in [4.78, 5) is 39.8. The summed E-state index contributed by atoms with van der Waals surface area (Å²) in [5, 5.41) is 6.37. The van der Waals surface area contributed by atoms with Gasteiger partial charge >= 0.3 is 0 Å². The zero-order chi connectivity index (χ0) is 30.3. The third-order valence-electron chi connectivity index (χ3n) is 6.74. The number of carbonyl (C=O) groups excluding carboxylic acids is 3. The predicted octanol–water partition coefficient (Wildman–Crippen LogP) is 4.72. The molecule has 0 saturated heterocycles. The molecule has 42 heavy (non-hydrogen) atoms. The van der Waals surface area contributed by atoms with Crippen LogP contribution >= 0.6 is 0 Å². The largest absolute Gasteiger partial charge is 0.497 e. The SMILES string of the molecule is COc1cccc(Nc2c(C(N)=O)cnc3c(C)cc(S(=O)(=O)c4cccc(C(=O)NCCCCCC=O)c4)cc23)c1. The van der Waals surface area contributed by atoms with Crippen LogP contribution in [0.5, 0.6) is 5.75 Å². The first-order valence-electron chi connectivity index (χ1n) is 13.4. The minimum absolute atomic E-state index is 0.0302. The topological polar surface area (TPSA) is 158 Å². The Morgan fingerprint density at radius 3 is 2.52 bits per heavy atom. The average molecular weight is 589 g/mol. The summed E-state index contributed by atoms with van der Waals surface area (Å²) in [5.41, 5.74) is 7.92. The number of anilines is 2. The maximum Gasteiger partial charge on any atom is 0.252 e. The Hall–Kier alpha value is -4.77. The van der Waals surface area contributed by atoms with Gasteiger partial charge in [-0.1, -0.05) is 18.6 Å². The van der Waals surface area contributed by atoms with E-state index in [-0.39, 0.29) is 20.9 Å². The molecular weight excluding hydrogens is 556 g/mol. The summed E-state index contributed by atoms with van der Waals surface area (Å²) >= 11 is 0. The van der Waals surface area contributed by atoms with Crippen LogP contribution in [-0.4, -0.2) is 45.2 Å². The van der Waals surface area contributed by atoms with Crippen LogP contribution in [0.15, 0.2) is 76.7 Å². The molecule has 0 aliphatic heterocycles. The molecule has 0 unspecified atom stereocenters. The summed E-state index contributed by atoms with van der Waals surface area (Å²) in [6.07, 6.45) is 4.98. The van der Waals surface area contributed by atoms with E-state index in [1.807, 2.05) is 0 Å². The summed E-state index contributed by atoms with van der Waals surface area (Å²) in [6, 6.07) is 15.8. The normalized spacial score (nSPS) is 11.2. The van der Waals surface area contributed by atoms with Crippen molar-refractivity contribution in [2.75, 3.05) is 19.0 Å². The predicted molar refractivity (Wildman–Crippen MR) is 160 cm³/mol. The van der Waals surface area contributed by atoms with Gasteiger partial charge in [-0.25, -0.2) is 8.42 Å². The number of aromatic nitrogens is 1. The summed E-state index contributed by atoms with van der Waals surface area (Å²) in [5.74, 6) is -0.541. The zero-order valence-corrected chi connectivity index (χ0v) is 24.2. The Balaban J connectivity index is 1.71. The summed E-state index contributed by atoms with van der Waals surface area (Å²) in [6.45, 7) is 2.14. The third kappa shape index (κ3) is 6.74. The maximum atomic E-state index is 13.8. The molecule has 0 atom stereocenters. The molecular formula is C31H32N4O6S. The van der Waals surface area contributed by atoms with Gasteiger partial charge < -0.3 is 25.9 Å². The van der Waals surface area contributed by atoms with Gasteiger partial charge in [-0.3, -0.25) is 14.6 Å². The number of pyridine rings is 1. The van der Waals surface area contributed by atoms with E-state index in [0.717, 1.165) is 19.1 Å². The Bertz CT molecular complexity index is 1750. The van der Waals surface area contributed by atoms with Crippen molar-refractivity contribution in [1.29, 1.82) is 0 Å². The molecule has 10 nitrogen and oxygen atoms in total. The molecule has 0 radical (unpaired) electrons. The van der Waals surface area contributed by atoms with Crippen LogP contribution in [0.4, 0.5) is 11.4 Å². The number of nitrogens with two attached hydrogens (primary N) is 1. The van der Waals surface area contributed by atoms with Gasteiger partial charge in [-0.05, 0) is 67.8 Å². The maximum absolute atomic E-state index is 13.8. The van der Waals surface area contributed by atoms with Crippen LogP contribution in [0.3, 0.4) is 0 Å². The number of fused-ring (bicyclic) bond motifs is 1. The van der Waals surface area contributed by atoms with Gasteiger partial charge in [0.25, 0.3) is 11.8 Å². The second-order valence-electron chi connectivity index (χ2n) is 9.71. The molecule has 0 aliphatic carbocycles. The van der Waals surface area contributed by atoms with Crippen molar-refractivity contribution in [3.8, 4) is 5.75 Å². The number of methoxy groups -OCH3 is 1. The Kier molecular flexibility index (Phi) is 9.53. The summed E-state index contributed by atoms with van der Waals surface area (Å²) in [7, 11) is -2.55. The van der Waals surface area contributed by atoms with Crippen LogP contribution in [0.25, 0.3) is 10.9 Å². The first-order chi connectivity index (χ1) is 20.1. The lowest BCUT2D eigenvalue weighted by atomic mass is 10.1. The molecule has 0 bridgehead atoms. The number of nitrogens with zero attached hydrogens (tertiary/aromatic N) is 1. The number of amides is 2. The molecule has 218 valence electrons. The standard InChI is InChI=1S/C31H32N4O6S/c1-20-15-25(42(39,40)24-12-7-9-21(16-24)31(38)33-13-5-3-4-6-14-36)18-26-28(20)34-19-27(30(32)37)29(26)35-22-10-8-11-23(17-22)41-2/h7-12,14-19H,3-6,13H2,1-2H3,(H2,32,37)(H,33,38)(H,34,35). The molecule has 4 rings (SSSR count). The van der Waals surface area contributed by atoms with Crippen LogP contribution in [0.1, 0.15) is 52.0 Å². The number of nitrogens with one attached hydrogen (secondary N) is 2. The monoisotopic (exact) mass is 588 g/mol. The quantitative estimate of drug-likeness (QED) is 0.150. The van der Waals surface area contributed by atoms with Crippen molar-refractivity contribution in [3.05, 3.63) is 83.6 Å². The lowest BCUT2D eigenvalue weighted by molar-refractivity contribution is -0.107. The number of aryl methyl sites for hydroxylation is 1. The van der Waals surface area contributed by atoms with E-state index in [9.17, 15) is 22.8 Å². The Labute approximate surface area is 244 Å². The number of hydrogen-bond acceptors (Lipinski definition) is 8. The molecule has 0 spiro atoms. The van der Waals surface area contributed by atoms with E-state index in [1.54, 1.807) is 37.3 Å². The van der Waals surface area contributed by atoms with Gasteiger partial charge in [0.1, 0.15) is 12.0 Å². The fraction of sp³-hybridized carbons (Fsp3) is 0.226. The number of hydrogen-bond donors (Lipinski definition) is 3. The smallest absolute Gasteiger partial charge is 0.252 e. The van der Waals surface area contributed by atoms with Crippen LogP contribution in [0.2, 0.25) is 0 Å². The highest BCUT2D eigenvalue weighted by Gasteiger charge is 2.23. The van der Waals surface area contributed by atoms with Crippen molar-refractivity contribution in [2.45, 2.75) is 42.4 Å². The highest BCUT2D eigenvalue weighted by atomic mass is 32.2. The van der Waals surface area contributed by atoms with Gasteiger partial charge in [-0.15, -0.1) is 0 Å². The van der Waals surface area contributed by atoms with Crippen LogP contribution < -0.4 is 21.1 Å². The number of ether oxygens (including phenoxy) is 1. The summed E-state index contributed by atoms with van der Waals surface area (Å²) < 4.78 is 33.0. The molecule has 4 aromatic rings. The van der Waals surface area contributed by atoms with Crippen molar-refractivity contribution >= 4 is 50.2 Å². The number of rotatable bonds is 13. The molecule has 0 saturated carbocycles. The van der Waals surface area contributed by atoms with Gasteiger partial charge in [0.15, 0.2) is 0 Å². The fourth-order valence-corrected chi connectivity index (χ4v) is 5.96. The van der Waals surface area contributed by atoms with Gasteiger partial charge in [0, 0.05) is 41.9 Å². The highest BCUT2D eigenvalue weighted by molar-refractivity contribution is 7.91. The first-order valence-corrected chi connectivity index (χ1v) is 14.8. The number of benzene rings is 3. The Morgan fingerprint density at radius 1 is 1.00 bits per heavy atom. The van der Waals surface area contributed by atoms with E-state index in [1.165, 1.54) is 43.6 Å². The van der Waals surface area contributed by atoms with Gasteiger partial charge in [0.05, 0.1) is 33.7 Å². The lowest BCUT2D eigenvalue weighted by Crippen LogP contribution is -2.24. The van der Waals surface area contributed by atoms with Crippen molar-refractivity contribution < 1.29 is 27.5 Å². The molecule has 11 heteroatoms. The van der Waals surface area contributed by atoms with Gasteiger partial charge in [0.2, 0.25) is 9.84 Å². The molecule has 1 aromatic heterocycles. The number of carbonyl (C=O) groups is 3. The van der Waals surface area contributed by atoms with E-state index in [2.05, 4.69) is 15.6 Å². The minimum Gasteiger partial charge on any atom is -0.497 e. The van der Waals surface area contributed by atoms with Crippen LogP contribution in [0, 0.1) is 6.92 Å². The second-order valence-corrected chi connectivity index (χ2v) is 11.7. The third-order valence-corrected chi connectivity index (χ3v) is 8.47.